The van der Waals surface area contributed by atoms with E-state index in [1.54, 1.807) is 43.3 Å². The van der Waals surface area contributed by atoms with E-state index in [-0.39, 0.29) is 17.6 Å². The Morgan fingerprint density at radius 1 is 1.31 bits per heavy atom. The van der Waals surface area contributed by atoms with Gasteiger partial charge in [-0.1, -0.05) is 11.6 Å². The number of aryl methyl sites for hydroxylation is 1. The van der Waals surface area contributed by atoms with Gasteiger partial charge >= 0.3 is 0 Å². The molecule has 1 aromatic heterocycles. The Balaban J connectivity index is 1.60. The van der Waals surface area contributed by atoms with Crippen LogP contribution in [0.3, 0.4) is 0 Å². The maximum Gasteiger partial charge on any atom is 0.277 e. The fraction of sp³-hybridized carbons (Fsp3) is 0.100. The molecule has 0 fully saturated rings. The normalized spacial score (nSPS) is 10.7. The van der Waals surface area contributed by atoms with E-state index >= 15 is 0 Å². The van der Waals surface area contributed by atoms with Crippen molar-refractivity contribution < 1.29 is 13.9 Å². The summed E-state index contributed by atoms with van der Waals surface area (Å²) in [6, 6.07) is 14.1. The van der Waals surface area contributed by atoms with Gasteiger partial charge in [-0.15, -0.1) is 0 Å². The molecule has 0 aliphatic rings. The van der Waals surface area contributed by atoms with Gasteiger partial charge in [0.15, 0.2) is 6.61 Å². The van der Waals surface area contributed by atoms with Crippen LogP contribution in [0.5, 0.6) is 5.75 Å². The Morgan fingerprint density at radius 3 is 2.66 bits per heavy atom. The van der Waals surface area contributed by atoms with Crippen molar-refractivity contribution in [3.05, 3.63) is 76.3 Å². The molecule has 0 aliphatic heterocycles. The highest BCUT2D eigenvalue weighted by molar-refractivity contribution is 6.32. The third kappa shape index (κ3) is 4.97. The summed E-state index contributed by atoms with van der Waals surface area (Å²) in [5.41, 5.74) is 4.55. The number of rotatable bonds is 6. The first-order valence-corrected chi connectivity index (χ1v) is 8.81. The summed E-state index contributed by atoms with van der Waals surface area (Å²) in [4.78, 5) is 11.9. The minimum absolute atomic E-state index is 0.245. The lowest BCUT2D eigenvalue weighted by Gasteiger charge is -2.04. The average molecular weight is 412 g/mol. The topological polar surface area (TPSA) is 92.3 Å². The van der Waals surface area contributed by atoms with Gasteiger partial charge in [0.2, 0.25) is 0 Å². The number of ether oxygens (including phenoxy) is 1. The molecule has 0 bridgehead atoms. The number of aromatic nitrogens is 2. The van der Waals surface area contributed by atoms with Crippen LogP contribution in [0.2, 0.25) is 5.15 Å². The highest BCUT2D eigenvalue weighted by Gasteiger charge is 2.13. The van der Waals surface area contributed by atoms with Gasteiger partial charge in [-0.2, -0.15) is 15.5 Å². The monoisotopic (exact) mass is 411 g/mol. The Hall–Kier alpha value is -3.70. The quantitative estimate of drug-likeness (QED) is 0.497. The van der Waals surface area contributed by atoms with Crippen molar-refractivity contribution in [3.63, 3.8) is 0 Å². The van der Waals surface area contributed by atoms with Crippen molar-refractivity contribution in [1.82, 2.24) is 15.2 Å². The maximum absolute atomic E-state index is 13.1. The van der Waals surface area contributed by atoms with E-state index in [2.05, 4.69) is 15.6 Å². The van der Waals surface area contributed by atoms with E-state index in [1.165, 1.54) is 23.0 Å². The zero-order valence-corrected chi connectivity index (χ0v) is 16.0. The third-order valence-electron chi connectivity index (χ3n) is 3.86. The first-order valence-electron chi connectivity index (χ1n) is 8.44. The molecule has 0 aliphatic carbocycles. The van der Waals surface area contributed by atoms with Crippen LogP contribution in [0.4, 0.5) is 4.39 Å². The number of hydrogen-bond acceptors (Lipinski definition) is 5. The van der Waals surface area contributed by atoms with Crippen LogP contribution < -0.4 is 10.2 Å². The van der Waals surface area contributed by atoms with Crippen molar-refractivity contribution in [1.29, 1.82) is 5.26 Å². The Bertz CT molecular complexity index is 1090. The number of carbonyl (C=O) groups is 1. The number of hydrogen-bond donors (Lipinski definition) is 1. The van der Waals surface area contributed by atoms with Crippen LogP contribution in [-0.2, 0) is 4.79 Å². The lowest BCUT2D eigenvalue weighted by atomic mass is 10.2. The van der Waals surface area contributed by atoms with Gasteiger partial charge in [0.1, 0.15) is 16.7 Å². The molecule has 0 atom stereocenters. The molecular formula is C20H15ClFN5O2. The molecule has 7 nitrogen and oxygen atoms in total. The summed E-state index contributed by atoms with van der Waals surface area (Å²) in [5.74, 6) is -0.366. The molecule has 0 saturated carbocycles. The van der Waals surface area contributed by atoms with Gasteiger partial charge in [-0.25, -0.2) is 14.5 Å². The molecule has 2 aromatic carbocycles. The molecule has 1 heterocycles. The highest BCUT2D eigenvalue weighted by atomic mass is 35.5. The zero-order valence-electron chi connectivity index (χ0n) is 15.3. The first kappa shape index (κ1) is 20.0. The molecule has 9 heteroatoms. The number of amides is 1. The van der Waals surface area contributed by atoms with Gasteiger partial charge in [0.25, 0.3) is 5.91 Å². The maximum atomic E-state index is 13.1. The molecule has 0 spiro atoms. The van der Waals surface area contributed by atoms with E-state index in [0.717, 1.165) is 0 Å². The molecule has 0 unspecified atom stereocenters. The van der Waals surface area contributed by atoms with E-state index in [4.69, 9.17) is 21.6 Å². The number of nitrogens with one attached hydrogen (secondary N) is 1. The van der Waals surface area contributed by atoms with E-state index in [9.17, 15) is 9.18 Å². The van der Waals surface area contributed by atoms with Gasteiger partial charge in [-0.3, -0.25) is 4.79 Å². The van der Waals surface area contributed by atoms with Crippen molar-refractivity contribution in [2.75, 3.05) is 6.61 Å². The number of benzene rings is 2. The molecule has 0 radical (unpaired) electrons. The lowest BCUT2D eigenvalue weighted by Crippen LogP contribution is -2.24. The molecule has 29 heavy (non-hydrogen) atoms. The molecule has 0 saturated heterocycles. The zero-order chi connectivity index (χ0) is 20.8. The summed E-state index contributed by atoms with van der Waals surface area (Å²) in [6.45, 7) is 1.49. The first-order chi connectivity index (χ1) is 14.0. The van der Waals surface area contributed by atoms with Crippen LogP contribution in [0, 0.1) is 24.1 Å². The minimum atomic E-state index is -0.467. The standard InChI is InChI=1S/C20H15ClFN5O2/c1-13-18(20(21)27(26-13)16-6-4-15(22)5-7-16)11-24-25-19(28)12-29-17-8-2-14(10-23)3-9-17/h2-9,11H,12H2,1H3,(H,25,28). The summed E-state index contributed by atoms with van der Waals surface area (Å²) < 4.78 is 19.9. The van der Waals surface area contributed by atoms with E-state index in [0.29, 0.717) is 28.3 Å². The number of halogens is 2. The summed E-state index contributed by atoms with van der Waals surface area (Å²) >= 11 is 6.34. The van der Waals surface area contributed by atoms with Crippen LogP contribution in [0.15, 0.2) is 53.6 Å². The fourth-order valence-corrected chi connectivity index (χ4v) is 2.71. The molecule has 146 valence electrons. The van der Waals surface area contributed by atoms with Gasteiger partial charge in [-0.05, 0) is 55.5 Å². The van der Waals surface area contributed by atoms with Gasteiger partial charge in [0, 0.05) is 0 Å². The van der Waals surface area contributed by atoms with Gasteiger partial charge in [0.05, 0.1) is 34.8 Å². The number of nitrogens with zero attached hydrogens (tertiary/aromatic N) is 4. The SMILES string of the molecule is Cc1nn(-c2ccc(F)cc2)c(Cl)c1C=NNC(=O)COc1ccc(C#N)cc1. The fourth-order valence-electron chi connectivity index (χ4n) is 2.39. The number of nitriles is 1. The largest absolute Gasteiger partial charge is 0.484 e. The average Bonchev–Trinajstić information content (AvgIpc) is 3.01. The van der Waals surface area contributed by atoms with Crippen molar-refractivity contribution in [2.24, 2.45) is 5.10 Å². The minimum Gasteiger partial charge on any atom is -0.484 e. The Labute approximate surface area is 171 Å². The predicted octanol–water partition coefficient (Wildman–Crippen LogP) is 3.37. The summed E-state index contributed by atoms with van der Waals surface area (Å²) in [6.07, 6.45) is 1.38. The second kappa shape index (κ2) is 8.99. The Kier molecular flexibility index (Phi) is 6.22. The van der Waals surface area contributed by atoms with Crippen molar-refractivity contribution >= 4 is 23.7 Å². The predicted molar refractivity (Wildman–Crippen MR) is 106 cm³/mol. The highest BCUT2D eigenvalue weighted by Crippen LogP contribution is 2.22. The van der Waals surface area contributed by atoms with Crippen LogP contribution in [0.1, 0.15) is 16.8 Å². The smallest absolute Gasteiger partial charge is 0.277 e. The number of carbonyl (C=O) groups excluding carboxylic acids is 1. The van der Waals surface area contributed by atoms with Crippen molar-refractivity contribution in [2.45, 2.75) is 6.92 Å². The lowest BCUT2D eigenvalue weighted by molar-refractivity contribution is -0.123. The second-order valence-corrected chi connectivity index (χ2v) is 6.25. The molecule has 3 aromatic rings. The van der Waals surface area contributed by atoms with Crippen LogP contribution >= 0.6 is 11.6 Å². The molecule has 1 N–H and O–H groups in total. The van der Waals surface area contributed by atoms with Crippen molar-refractivity contribution in [3.8, 4) is 17.5 Å². The second-order valence-electron chi connectivity index (χ2n) is 5.90. The van der Waals surface area contributed by atoms with Crippen LogP contribution in [-0.4, -0.2) is 28.5 Å². The molecular weight excluding hydrogens is 397 g/mol. The molecule has 3 rings (SSSR count). The summed E-state index contributed by atoms with van der Waals surface area (Å²) in [5, 5.41) is 17.2. The third-order valence-corrected chi connectivity index (χ3v) is 4.22. The van der Waals surface area contributed by atoms with Crippen LogP contribution in [0.25, 0.3) is 5.69 Å². The Morgan fingerprint density at radius 2 is 2.00 bits per heavy atom. The molecule has 1 amide bonds. The van der Waals surface area contributed by atoms with E-state index in [1.807, 2.05) is 6.07 Å². The van der Waals surface area contributed by atoms with Gasteiger partial charge < -0.3 is 4.74 Å². The van der Waals surface area contributed by atoms with E-state index < -0.39 is 5.91 Å². The summed E-state index contributed by atoms with van der Waals surface area (Å²) in [7, 11) is 0. The number of hydrazone groups is 1.